The van der Waals surface area contributed by atoms with Gasteiger partial charge in [-0.1, -0.05) is 23.7 Å². The maximum atomic E-state index is 13.3. The van der Waals surface area contributed by atoms with Crippen molar-refractivity contribution < 1.29 is 31.5 Å². The van der Waals surface area contributed by atoms with Crippen LogP contribution in [0.1, 0.15) is 16.8 Å². The minimum absolute atomic E-state index is 0.205. The maximum Gasteiger partial charge on any atom is 0.461 e. The Kier molecular flexibility index (Phi) is 5.65. The molecule has 0 bridgehead atoms. The zero-order chi connectivity index (χ0) is 22.2. The molecule has 1 fully saturated rings. The van der Waals surface area contributed by atoms with E-state index in [1.807, 2.05) is 0 Å². The third-order valence-corrected chi connectivity index (χ3v) is 5.01. The van der Waals surface area contributed by atoms with E-state index in [1.54, 1.807) is 18.2 Å². The number of nitrogens with zero attached hydrogens (tertiary/aromatic N) is 2. The molecule has 6 nitrogen and oxygen atoms in total. The first-order valence-electron chi connectivity index (χ1n) is 9.29. The SMILES string of the molecule is O=C(c1ccccc1OC(F)(F)C(F)F)N1CCC(Nc2nc3ccc(Cl)cc3o2)C1. The van der Waals surface area contributed by atoms with E-state index in [1.165, 1.54) is 23.1 Å². The molecule has 164 valence electrons. The van der Waals surface area contributed by atoms with Gasteiger partial charge in [0.05, 0.1) is 5.56 Å². The van der Waals surface area contributed by atoms with Gasteiger partial charge in [-0.2, -0.15) is 22.5 Å². The Morgan fingerprint density at radius 1 is 1.29 bits per heavy atom. The summed E-state index contributed by atoms with van der Waals surface area (Å²) in [7, 11) is 0. The molecule has 2 aromatic carbocycles. The van der Waals surface area contributed by atoms with Crippen LogP contribution in [0.5, 0.6) is 5.75 Å². The zero-order valence-corrected chi connectivity index (χ0v) is 16.6. The molecule has 1 saturated heterocycles. The van der Waals surface area contributed by atoms with Crippen molar-refractivity contribution in [2.45, 2.75) is 25.0 Å². The van der Waals surface area contributed by atoms with Crippen molar-refractivity contribution in [3.63, 3.8) is 0 Å². The lowest BCUT2D eigenvalue weighted by molar-refractivity contribution is -0.253. The van der Waals surface area contributed by atoms with Crippen LogP contribution >= 0.6 is 11.6 Å². The standard InChI is InChI=1S/C20H16ClF4N3O3/c21-11-5-6-14-16(9-11)30-19(27-14)26-12-7-8-28(10-12)17(29)13-3-1-2-4-15(13)31-20(24,25)18(22)23/h1-6,9,12,18H,7-8,10H2,(H,26,27). The molecule has 0 aliphatic carbocycles. The summed E-state index contributed by atoms with van der Waals surface area (Å²) in [5, 5.41) is 3.59. The summed E-state index contributed by atoms with van der Waals surface area (Å²) in [5.74, 6) is -1.21. The zero-order valence-electron chi connectivity index (χ0n) is 15.8. The van der Waals surface area contributed by atoms with E-state index in [0.717, 1.165) is 6.07 Å². The van der Waals surface area contributed by atoms with Crippen LogP contribution in [0, 0.1) is 0 Å². The van der Waals surface area contributed by atoms with Gasteiger partial charge in [-0.15, -0.1) is 0 Å². The van der Waals surface area contributed by atoms with Gasteiger partial charge in [0.1, 0.15) is 11.3 Å². The number of hydrogen-bond acceptors (Lipinski definition) is 5. The number of hydrogen-bond donors (Lipinski definition) is 1. The number of para-hydroxylation sites is 1. The van der Waals surface area contributed by atoms with E-state index >= 15 is 0 Å². The summed E-state index contributed by atoms with van der Waals surface area (Å²) in [4.78, 5) is 18.6. The van der Waals surface area contributed by atoms with Crippen molar-refractivity contribution in [1.82, 2.24) is 9.88 Å². The Bertz CT molecular complexity index is 1110. The number of alkyl halides is 4. The maximum absolute atomic E-state index is 13.3. The van der Waals surface area contributed by atoms with Crippen molar-refractivity contribution in [3.05, 3.63) is 53.1 Å². The van der Waals surface area contributed by atoms with E-state index in [9.17, 15) is 22.4 Å². The van der Waals surface area contributed by atoms with Gasteiger partial charge >= 0.3 is 12.5 Å². The van der Waals surface area contributed by atoms with Gasteiger partial charge in [-0.05, 0) is 30.7 Å². The molecule has 1 amide bonds. The van der Waals surface area contributed by atoms with Crippen molar-refractivity contribution in [1.29, 1.82) is 0 Å². The number of ether oxygens (including phenoxy) is 1. The van der Waals surface area contributed by atoms with Gasteiger partial charge in [0.15, 0.2) is 5.58 Å². The van der Waals surface area contributed by atoms with Gasteiger partial charge in [0.2, 0.25) is 0 Å². The Morgan fingerprint density at radius 2 is 2.06 bits per heavy atom. The monoisotopic (exact) mass is 457 g/mol. The molecule has 11 heteroatoms. The predicted octanol–water partition coefficient (Wildman–Crippen LogP) is 5.04. The third kappa shape index (κ3) is 4.53. The quantitative estimate of drug-likeness (QED) is 0.525. The van der Waals surface area contributed by atoms with Crippen LogP contribution in [0.15, 0.2) is 46.9 Å². The molecule has 0 radical (unpaired) electrons. The molecule has 1 unspecified atom stereocenters. The van der Waals surface area contributed by atoms with Crippen molar-refractivity contribution in [2.24, 2.45) is 0 Å². The number of oxazole rings is 1. The molecule has 3 aromatic rings. The Labute approximate surface area is 178 Å². The fourth-order valence-corrected chi connectivity index (χ4v) is 3.45. The fraction of sp³-hybridized carbons (Fsp3) is 0.300. The summed E-state index contributed by atoms with van der Waals surface area (Å²) in [6.45, 7) is 0.556. The van der Waals surface area contributed by atoms with Gasteiger partial charge in [0.25, 0.3) is 11.9 Å². The predicted molar refractivity (Wildman–Crippen MR) is 105 cm³/mol. The second-order valence-electron chi connectivity index (χ2n) is 6.97. The molecule has 2 heterocycles. The van der Waals surface area contributed by atoms with Gasteiger partial charge < -0.3 is 19.4 Å². The number of carbonyl (C=O) groups is 1. The lowest BCUT2D eigenvalue weighted by atomic mass is 10.1. The molecule has 4 rings (SSSR count). The first-order valence-corrected chi connectivity index (χ1v) is 9.66. The van der Waals surface area contributed by atoms with Crippen LogP contribution in [0.25, 0.3) is 11.1 Å². The highest BCUT2D eigenvalue weighted by atomic mass is 35.5. The number of rotatable bonds is 6. The van der Waals surface area contributed by atoms with Crippen LogP contribution in [-0.4, -0.2) is 47.5 Å². The molecule has 0 spiro atoms. The smallest absolute Gasteiger partial charge is 0.427 e. The Hall–Kier alpha value is -3.01. The number of benzene rings is 2. The van der Waals surface area contributed by atoms with Gasteiger partial charge in [0, 0.05) is 30.2 Å². The molecule has 0 saturated carbocycles. The summed E-state index contributed by atoms with van der Waals surface area (Å²) >= 11 is 5.93. The van der Waals surface area contributed by atoms with Gasteiger partial charge in [-0.3, -0.25) is 4.79 Å². The highest BCUT2D eigenvalue weighted by Crippen LogP contribution is 2.31. The third-order valence-electron chi connectivity index (χ3n) is 4.77. The Morgan fingerprint density at radius 3 is 2.84 bits per heavy atom. The van der Waals surface area contributed by atoms with Crippen molar-refractivity contribution >= 4 is 34.6 Å². The van der Waals surface area contributed by atoms with E-state index in [0.29, 0.717) is 29.1 Å². The average Bonchev–Trinajstić information content (AvgIpc) is 3.34. The van der Waals surface area contributed by atoms with E-state index in [4.69, 9.17) is 16.0 Å². The number of amides is 1. The summed E-state index contributed by atoms with van der Waals surface area (Å²) in [6.07, 6.45) is -8.19. The Balaban J connectivity index is 1.45. The molecule has 1 atom stereocenters. The number of nitrogens with one attached hydrogen (secondary N) is 1. The number of anilines is 1. The minimum Gasteiger partial charge on any atom is -0.427 e. The molecule has 31 heavy (non-hydrogen) atoms. The number of carbonyl (C=O) groups excluding carboxylic acids is 1. The van der Waals surface area contributed by atoms with Crippen molar-refractivity contribution in [3.8, 4) is 5.75 Å². The second kappa shape index (κ2) is 8.26. The fourth-order valence-electron chi connectivity index (χ4n) is 3.29. The van der Waals surface area contributed by atoms with Crippen LogP contribution in [0.2, 0.25) is 5.02 Å². The normalized spacial score (nSPS) is 16.8. The largest absolute Gasteiger partial charge is 0.461 e. The highest BCUT2D eigenvalue weighted by molar-refractivity contribution is 6.31. The molecular formula is C20H16ClF4N3O3. The van der Waals surface area contributed by atoms with Crippen LogP contribution in [0.3, 0.4) is 0 Å². The number of likely N-dealkylation sites (tertiary alicyclic amines) is 1. The highest BCUT2D eigenvalue weighted by Gasteiger charge is 2.45. The lowest BCUT2D eigenvalue weighted by Crippen LogP contribution is -2.35. The molecule has 1 N–H and O–H groups in total. The number of halogens is 5. The number of aromatic nitrogens is 1. The topological polar surface area (TPSA) is 67.6 Å². The van der Waals surface area contributed by atoms with Crippen molar-refractivity contribution in [2.75, 3.05) is 18.4 Å². The molecule has 1 aromatic heterocycles. The van der Waals surface area contributed by atoms with Crippen LogP contribution in [-0.2, 0) is 0 Å². The van der Waals surface area contributed by atoms with Crippen LogP contribution in [0.4, 0.5) is 23.6 Å². The first kappa shape index (κ1) is 21.2. The van der Waals surface area contributed by atoms with Crippen LogP contribution < -0.4 is 10.1 Å². The summed E-state index contributed by atoms with van der Waals surface area (Å²) in [5.41, 5.74) is 0.899. The summed E-state index contributed by atoms with van der Waals surface area (Å²) < 4.78 is 61.4. The molecule has 1 aliphatic heterocycles. The lowest BCUT2D eigenvalue weighted by Gasteiger charge is -2.21. The first-order chi connectivity index (χ1) is 14.7. The second-order valence-corrected chi connectivity index (χ2v) is 7.41. The summed E-state index contributed by atoms with van der Waals surface area (Å²) in [6, 6.07) is 10.2. The van der Waals surface area contributed by atoms with E-state index < -0.39 is 24.2 Å². The average molecular weight is 458 g/mol. The molecular weight excluding hydrogens is 442 g/mol. The minimum atomic E-state index is -4.71. The van der Waals surface area contributed by atoms with E-state index in [2.05, 4.69) is 15.0 Å². The number of fused-ring (bicyclic) bond motifs is 1. The molecule has 1 aliphatic rings. The van der Waals surface area contributed by atoms with Gasteiger partial charge in [-0.25, -0.2) is 0 Å². The van der Waals surface area contributed by atoms with E-state index in [-0.39, 0.29) is 24.2 Å².